The Morgan fingerprint density at radius 1 is 1.50 bits per heavy atom. The molecule has 0 saturated carbocycles. The number of rotatable bonds is 2. The number of morpholine rings is 1. The van der Waals surface area contributed by atoms with Crippen molar-refractivity contribution in [2.24, 2.45) is 0 Å². The molecule has 1 saturated heterocycles. The van der Waals surface area contributed by atoms with Gasteiger partial charge in [0.05, 0.1) is 23.9 Å². The summed E-state index contributed by atoms with van der Waals surface area (Å²) in [6.45, 7) is 0.343. The molecule has 2 amide bonds. The molecule has 0 spiro atoms. The van der Waals surface area contributed by atoms with Gasteiger partial charge in [-0.3, -0.25) is 0 Å². The Bertz CT molecular complexity index is 540. The molecule has 1 atom stereocenters. The summed E-state index contributed by atoms with van der Waals surface area (Å²) in [5.41, 5.74) is 0.216. The number of hydrogen-bond acceptors (Lipinski definition) is 3. The molecule has 2 rings (SSSR count). The molecule has 1 fully saturated rings. The maximum absolute atomic E-state index is 12.9. The van der Waals surface area contributed by atoms with E-state index in [0.717, 1.165) is 17.0 Å². The van der Waals surface area contributed by atoms with Gasteiger partial charge in [0.15, 0.2) is 6.04 Å². The summed E-state index contributed by atoms with van der Waals surface area (Å²) in [7, 11) is 0. The molecule has 0 aliphatic carbocycles. The van der Waals surface area contributed by atoms with Gasteiger partial charge in [-0.25, -0.2) is 14.0 Å². The van der Waals surface area contributed by atoms with Gasteiger partial charge in [0.1, 0.15) is 5.82 Å². The van der Waals surface area contributed by atoms with Crippen LogP contribution in [0.15, 0.2) is 18.2 Å². The Morgan fingerprint density at radius 2 is 2.25 bits per heavy atom. The summed E-state index contributed by atoms with van der Waals surface area (Å²) in [6, 6.07) is 1.85. The highest BCUT2D eigenvalue weighted by atomic mass is 35.5. The van der Waals surface area contributed by atoms with E-state index in [0.29, 0.717) is 0 Å². The average Bonchev–Trinajstić information content (AvgIpc) is 2.41. The molecule has 1 aromatic rings. The van der Waals surface area contributed by atoms with E-state index in [-0.39, 0.29) is 30.5 Å². The largest absolute Gasteiger partial charge is 0.480 e. The van der Waals surface area contributed by atoms with Crippen molar-refractivity contribution in [1.82, 2.24) is 4.90 Å². The number of nitrogens with zero attached hydrogens (tertiary/aromatic N) is 1. The van der Waals surface area contributed by atoms with Crippen LogP contribution in [0.2, 0.25) is 5.02 Å². The molecule has 8 heteroatoms. The minimum atomic E-state index is -1.15. The van der Waals surface area contributed by atoms with E-state index in [1.165, 1.54) is 6.07 Å². The molecule has 0 radical (unpaired) electrons. The lowest BCUT2D eigenvalue weighted by molar-refractivity contribution is -0.147. The highest BCUT2D eigenvalue weighted by Crippen LogP contribution is 2.23. The van der Waals surface area contributed by atoms with Gasteiger partial charge >= 0.3 is 12.0 Å². The number of halogens is 2. The van der Waals surface area contributed by atoms with E-state index < -0.39 is 23.9 Å². The summed E-state index contributed by atoms with van der Waals surface area (Å²) < 4.78 is 17.9. The fourth-order valence-electron chi connectivity index (χ4n) is 1.83. The number of carbonyl (C=O) groups is 2. The number of urea groups is 1. The summed E-state index contributed by atoms with van der Waals surface area (Å²) >= 11 is 5.80. The minimum absolute atomic E-state index is 0.0403. The standard InChI is InChI=1S/C12H12ClFN2O4/c13-8-5-7(14)1-2-9(8)15-12(19)16-3-4-20-6-10(16)11(17)18/h1-2,5,10H,3-4,6H2,(H,15,19)(H,17,18). The Labute approximate surface area is 119 Å². The zero-order chi connectivity index (χ0) is 14.7. The lowest BCUT2D eigenvalue weighted by Crippen LogP contribution is -2.53. The van der Waals surface area contributed by atoms with Gasteiger partial charge in [-0.05, 0) is 18.2 Å². The normalized spacial score (nSPS) is 18.7. The zero-order valence-corrected chi connectivity index (χ0v) is 11.1. The van der Waals surface area contributed by atoms with Crippen LogP contribution in [0.5, 0.6) is 0 Å². The number of ether oxygens (including phenoxy) is 1. The first-order valence-electron chi connectivity index (χ1n) is 5.82. The third-order valence-electron chi connectivity index (χ3n) is 2.85. The van der Waals surface area contributed by atoms with Gasteiger partial charge in [-0.1, -0.05) is 11.6 Å². The molecular formula is C12H12ClFN2O4. The number of carboxylic acid groups (broad SMARTS) is 1. The van der Waals surface area contributed by atoms with Crippen molar-refractivity contribution in [2.45, 2.75) is 6.04 Å². The van der Waals surface area contributed by atoms with Crippen LogP contribution in [0, 0.1) is 5.82 Å². The summed E-state index contributed by atoms with van der Waals surface area (Å²) in [5, 5.41) is 11.5. The molecule has 1 aromatic carbocycles. The molecule has 0 bridgehead atoms. The summed E-state index contributed by atoms with van der Waals surface area (Å²) in [6.07, 6.45) is 0. The Hall–Kier alpha value is -1.86. The third kappa shape index (κ3) is 3.17. The second-order valence-corrected chi connectivity index (χ2v) is 4.58. The second kappa shape index (κ2) is 6.06. The lowest BCUT2D eigenvalue weighted by atomic mass is 10.2. The van der Waals surface area contributed by atoms with Gasteiger partial charge in [-0.2, -0.15) is 0 Å². The average molecular weight is 303 g/mol. The smallest absolute Gasteiger partial charge is 0.328 e. The van der Waals surface area contributed by atoms with Crippen molar-refractivity contribution >= 4 is 29.3 Å². The molecule has 6 nitrogen and oxygen atoms in total. The van der Waals surface area contributed by atoms with E-state index in [4.69, 9.17) is 21.4 Å². The monoisotopic (exact) mass is 302 g/mol. The molecule has 1 heterocycles. The van der Waals surface area contributed by atoms with E-state index in [1.54, 1.807) is 0 Å². The molecule has 1 aliphatic rings. The molecule has 2 N–H and O–H groups in total. The lowest BCUT2D eigenvalue weighted by Gasteiger charge is -2.32. The van der Waals surface area contributed by atoms with E-state index in [1.807, 2.05) is 0 Å². The van der Waals surface area contributed by atoms with Gasteiger partial charge in [-0.15, -0.1) is 0 Å². The van der Waals surface area contributed by atoms with Crippen LogP contribution in [-0.4, -0.2) is 47.8 Å². The van der Waals surface area contributed by atoms with Crippen molar-refractivity contribution in [3.63, 3.8) is 0 Å². The van der Waals surface area contributed by atoms with E-state index in [9.17, 15) is 14.0 Å². The number of benzene rings is 1. The fourth-order valence-corrected chi connectivity index (χ4v) is 2.04. The first-order chi connectivity index (χ1) is 9.49. The van der Waals surface area contributed by atoms with E-state index in [2.05, 4.69) is 5.32 Å². The molecule has 0 aromatic heterocycles. The van der Waals surface area contributed by atoms with Gasteiger partial charge in [0.2, 0.25) is 0 Å². The Balaban J connectivity index is 2.12. The highest BCUT2D eigenvalue weighted by Gasteiger charge is 2.32. The summed E-state index contributed by atoms with van der Waals surface area (Å²) in [5.74, 6) is -1.67. The van der Waals surface area contributed by atoms with Crippen molar-refractivity contribution < 1.29 is 23.8 Å². The highest BCUT2D eigenvalue weighted by molar-refractivity contribution is 6.33. The van der Waals surface area contributed by atoms with Crippen LogP contribution >= 0.6 is 11.6 Å². The number of amides is 2. The van der Waals surface area contributed by atoms with Crippen molar-refractivity contribution in [2.75, 3.05) is 25.1 Å². The maximum atomic E-state index is 12.9. The number of carboxylic acids is 1. The Morgan fingerprint density at radius 3 is 2.90 bits per heavy atom. The fraction of sp³-hybridized carbons (Fsp3) is 0.333. The quantitative estimate of drug-likeness (QED) is 0.873. The van der Waals surface area contributed by atoms with Gasteiger partial charge in [0.25, 0.3) is 0 Å². The number of nitrogens with one attached hydrogen (secondary N) is 1. The Kier molecular flexibility index (Phi) is 4.41. The van der Waals surface area contributed by atoms with Crippen LogP contribution in [-0.2, 0) is 9.53 Å². The number of anilines is 1. The number of hydrogen-bond donors (Lipinski definition) is 2. The van der Waals surface area contributed by atoms with Crippen LogP contribution in [0.3, 0.4) is 0 Å². The molecule has 1 aliphatic heterocycles. The first kappa shape index (κ1) is 14.5. The number of aliphatic carboxylic acids is 1. The summed E-state index contributed by atoms with van der Waals surface area (Å²) in [4.78, 5) is 24.3. The maximum Gasteiger partial charge on any atom is 0.328 e. The predicted octanol–water partition coefficient (Wildman–Crippen LogP) is 1.80. The van der Waals surface area contributed by atoms with Crippen LogP contribution in [0.25, 0.3) is 0 Å². The molecule has 20 heavy (non-hydrogen) atoms. The predicted molar refractivity (Wildman–Crippen MR) is 69.4 cm³/mol. The molecular weight excluding hydrogens is 291 g/mol. The van der Waals surface area contributed by atoms with Crippen molar-refractivity contribution in [3.8, 4) is 0 Å². The SMILES string of the molecule is O=C(O)C1COCCN1C(=O)Nc1ccc(F)cc1Cl. The van der Waals surface area contributed by atoms with Crippen molar-refractivity contribution in [3.05, 3.63) is 29.0 Å². The molecule has 108 valence electrons. The first-order valence-corrected chi connectivity index (χ1v) is 6.20. The van der Waals surface area contributed by atoms with Crippen LogP contribution in [0.1, 0.15) is 0 Å². The number of carbonyl (C=O) groups excluding carboxylic acids is 1. The zero-order valence-electron chi connectivity index (χ0n) is 10.3. The van der Waals surface area contributed by atoms with E-state index >= 15 is 0 Å². The second-order valence-electron chi connectivity index (χ2n) is 4.18. The minimum Gasteiger partial charge on any atom is -0.480 e. The van der Waals surface area contributed by atoms with Crippen LogP contribution in [0.4, 0.5) is 14.9 Å². The van der Waals surface area contributed by atoms with Gasteiger partial charge in [0, 0.05) is 6.54 Å². The topological polar surface area (TPSA) is 78.9 Å². The van der Waals surface area contributed by atoms with Crippen LogP contribution < -0.4 is 5.32 Å². The van der Waals surface area contributed by atoms with Gasteiger partial charge < -0.3 is 20.1 Å². The molecule has 1 unspecified atom stereocenters. The third-order valence-corrected chi connectivity index (χ3v) is 3.16. The van der Waals surface area contributed by atoms with Crippen molar-refractivity contribution in [1.29, 1.82) is 0 Å².